The summed E-state index contributed by atoms with van der Waals surface area (Å²) in [6.07, 6.45) is 3.84. The maximum atomic E-state index is 16.0. The van der Waals surface area contributed by atoms with Crippen LogP contribution in [0.25, 0.3) is 11.1 Å². The molecule has 3 aromatic rings. The van der Waals surface area contributed by atoms with Crippen LogP contribution in [0, 0.1) is 45.2 Å². The zero-order valence-electron chi connectivity index (χ0n) is 28.3. The highest BCUT2D eigenvalue weighted by Crippen LogP contribution is 2.37. The molecule has 1 fully saturated rings. The Morgan fingerprint density at radius 2 is 1.67 bits per heavy atom. The van der Waals surface area contributed by atoms with Crippen molar-refractivity contribution in [2.75, 3.05) is 26.2 Å². The molecule has 1 aliphatic rings. The molecule has 1 unspecified atom stereocenters. The van der Waals surface area contributed by atoms with Gasteiger partial charge in [0.1, 0.15) is 11.6 Å². The average molecular weight is 635 g/mol. The highest BCUT2D eigenvalue weighted by molar-refractivity contribution is 5.84. The van der Waals surface area contributed by atoms with Crippen LogP contribution in [0.2, 0.25) is 0 Å². The number of ether oxygens (including phenoxy) is 1. The van der Waals surface area contributed by atoms with Gasteiger partial charge >= 0.3 is 5.97 Å². The fraction of sp³-hybridized carbons (Fsp3) is 0.500. The van der Waals surface area contributed by atoms with Crippen molar-refractivity contribution in [2.45, 2.75) is 92.5 Å². The maximum Gasteiger partial charge on any atom is 0.306 e. The number of benzene rings is 2. The van der Waals surface area contributed by atoms with E-state index in [-0.39, 0.29) is 48.1 Å². The van der Waals surface area contributed by atoms with Gasteiger partial charge in [-0.25, -0.2) is 8.78 Å². The molecule has 2 atom stereocenters. The van der Waals surface area contributed by atoms with Gasteiger partial charge in [-0.05, 0) is 136 Å². The number of carbonyl (C=O) groups excluding carboxylic acids is 2. The molecule has 8 heteroatoms. The predicted octanol–water partition coefficient (Wildman–Crippen LogP) is 7.56. The summed E-state index contributed by atoms with van der Waals surface area (Å²) >= 11 is 0. The number of halogens is 2. The summed E-state index contributed by atoms with van der Waals surface area (Å²) in [5.74, 6) is -2.42. The van der Waals surface area contributed by atoms with Crippen LogP contribution in [0.3, 0.4) is 0 Å². The van der Waals surface area contributed by atoms with Gasteiger partial charge in [-0.3, -0.25) is 14.4 Å². The molecule has 0 spiro atoms. The van der Waals surface area contributed by atoms with E-state index in [2.05, 4.69) is 4.90 Å². The van der Waals surface area contributed by atoms with Crippen molar-refractivity contribution in [1.82, 2.24) is 9.47 Å². The molecule has 248 valence electrons. The van der Waals surface area contributed by atoms with Gasteiger partial charge in [-0.1, -0.05) is 19.9 Å². The topological polar surface area (TPSA) is 68.6 Å². The Kier molecular flexibility index (Phi) is 11.7. The van der Waals surface area contributed by atoms with E-state index in [1.165, 1.54) is 12.5 Å². The Hall–Kier alpha value is -3.65. The van der Waals surface area contributed by atoms with Gasteiger partial charge in [0.05, 0.1) is 19.1 Å². The first-order valence-corrected chi connectivity index (χ1v) is 16.5. The quantitative estimate of drug-likeness (QED) is 0.171. The summed E-state index contributed by atoms with van der Waals surface area (Å²) in [5.41, 5.74) is 4.73. The van der Waals surface area contributed by atoms with E-state index >= 15 is 4.39 Å². The van der Waals surface area contributed by atoms with Crippen molar-refractivity contribution in [3.63, 3.8) is 0 Å². The summed E-state index contributed by atoms with van der Waals surface area (Å²) in [5, 5.41) is 0. The van der Waals surface area contributed by atoms with Crippen molar-refractivity contribution in [3.05, 3.63) is 91.9 Å². The molecule has 0 radical (unpaired) electrons. The first-order valence-electron chi connectivity index (χ1n) is 16.5. The number of esters is 1. The summed E-state index contributed by atoms with van der Waals surface area (Å²) in [4.78, 5) is 42.9. The number of carbonyl (C=O) groups is 2. The lowest BCUT2D eigenvalue weighted by Gasteiger charge is -2.31. The molecule has 1 saturated heterocycles. The van der Waals surface area contributed by atoms with Crippen LogP contribution >= 0.6 is 0 Å². The molecule has 0 N–H and O–H groups in total. The minimum absolute atomic E-state index is 0.0939. The van der Waals surface area contributed by atoms with E-state index in [9.17, 15) is 18.8 Å². The van der Waals surface area contributed by atoms with E-state index in [1.807, 2.05) is 33.9 Å². The molecule has 0 saturated carbocycles. The number of hydrogen-bond donors (Lipinski definition) is 0. The third kappa shape index (κ3) is 8.19. The predicted molar refractivity (Wildman–Crippen MR) is 178 cm³/mol. The van der Waals surface area contributed by atoms with Crippen molar-refractivity contribution in [3.8, 4) is 11.1 Å². The van der Waals surface area contributed by atoms with Crippen molar-refractivity contribution >= 4 is 11.8 Å². The molecule has 2 aromatic carbocycles. The van der Waals surface area contributed by atoms with E-state index in [0.29, 0.717) is 28.7 Å². The molecule has 0 amide bonds. The molecular weight excluding hydrogens is 586 g/mol. The van der Waals surface area contributed by atoms with Crippen LogP contribution in [-0.2, 0) is 20.7 Å². The fourth-order valence-electron chi connectivity index (χ4n) is 6.52. The van der Waals surface area contributed by atoms with Crippen LogP contribution in [0.15, 0.2) is 41.3 Å². The summed E-state index contributed by atoms with van der Waals surface area (Å²) < 4.78 is 37.4. The summed E-state index contributed by atoms with van der Waals surface area (Å²) in [6.45, 7) is 16.0. The number of nitrogens with zero attached hydrogens (tertiary/aromatic N) is 2. The van der Waals surface area contributed by atoms with Gasteiger partial charge in [-0.2, -0.15) is 0 Å². The van der Waals surface area contributed by atoms with Gasteiger partial charge < -0.3 is 14.2 Å². The van der Waals surface area contributed by atoms with Crippen LogP contribution in [0.5, 0.6) is 0 Å². The molecule has 2 heterocycles. The number of Topliss-reactive ketones (excluding diaryl/α,β-unsaturated/α-hetero) is 1. The van der Waals surface area contributed by atoms with Crippen LogP contribution in [-0.4, -0.2) is 47.5 Å². The molecular formula is C38H48F2N2O4. The molecule has 0 aliphatic carbocycles. The third-order valence-corrected chi connectivity index (χ3v) is 9.23. The number of ketones is 1. The molecule has 46 heavy (non-hydrogen) atoms. The van der Waals surface area contributed by atoms with Crippen LogP contribution in [0.4, 0.5) is 8.78 Å². The molecule has 0 bridgehead atoms. The second-order valence-corrected chi connectivity index (χ2v) is 13.3. The zero-order valence-corrected chi connectivity index (χ0v) is 28.3. The van der Waals surface area contributed by atoms with Crippen LogP contribution < -0.4 is 5.56 Å². The average Bonchev–Trinajstić information content (AvgIpc) is 2.95. The summed E-state index contributed by atoms with van der Waals surface area (Å²) in [7, 11) is 0. The van der Waals surface area contributed by atoms with E-state index in [1.54, 1.807) is 49.6 Å². The van der Waals surface area contributed by atoms with Gasteiger partial charge in [0.15, 0.2) is 5.78 Å². The standard InChI is InChI=1S/C38H48F2N2O4/c1-8-46-36(45)21-29(31-19-30(17-26(6)38(31)40)37-24(4)10-11-32(39)27(37)7)20-34(43)33(16-23(2)3)42-22-28(25(5)18-35(42)44)12-15-41-13-9-14-41/h10-11,17-19,22-23,29,33H,8-9,12-16,20-21H2,1-7H3/t29-,33?/m0/s1. The van der Waals surface area contributed by atoms with Crippen LogP contribution in [0.1, 0.15) is 91.8 Å². The number of aromatic nitrogens is 1. The zero-order chi connectivity index (χ0) is 33.7. The van der Waals surface area contributed by atoms with E-state index in [4.69, 9.17) is 4.74 Å². The highest BCUT2D eigenvalue weighted by atomic mass is 19.1. The Morgan fingerprint density at radius 3 is 2.30 bits per heavy atom. The summed E-state index contributed by atoms with van der Waals surface area (Å²) in [6, 6.07) is 7.22. The molecule has 4 rings (SSSR count). The lowest BCUT2D eigenvalue weighted by Crippen LogP contribution is -2.38. The van der Waals surface area contributed by atoms with Gasteiger partial charge in [0.2, 0.25) is 0 Å². The van der Waals surface area contributed by atoms with Crippen molar-refractivity contribution in [1.29, 1.82) is 0 Å². The Labute approximate surface area is 271 Å². The van der Waals surface area contributed by atoms with E-state index < -0.39 is 23.7 Å². The second-order valence-electron chi connectivity index (χ2n) is 13.3. The first-order chi connectivity index (χ1) is 21.8. The van der Waals surface area contributed by atoms with Crippen molar-refractivity contribution < 1.29 is 23.1 Å². The first kappa shape index (κ1) is 35.2. The monoisotopic (exact) mass is 634 g/mol. The fourth-order valence-corrected chi connectivity index (χ4v) is 6.52. The SMILES string of the molecule is CCOC(=O)C[C@H](CC(=O)C(CC(C)C)n1cc(CCN2CCC2)c(C)cc1=O)c1cc(-c2c(C)ccc(F)c2C)cc(C)c1F. The van der Waals surface area contributed by atoms with Crippen molar-refractivity contribution in [2.24, 2.45) is 5.92 Å². The Balaban J connectivity index is 1.76. The van der Waals surface area contributed by atoms with Gasteiger partial charge in [0, 0.05) is 31.1 Å². The minimum Gasteiger partial charge on any atom is -0.466 e. The maximum absolute atomic E-state index is 16.0. The Morgan fingerprint density at radius 1 is 0.957 bits per heavy atom. The van der Waals surface area contributed by atoms with Gasteiger partial charge in [0.25, 0.3) is 5.56 Å². The lowest BCUT2D eigenvalue weighted by molar-refractivity contribution is -0.143. The largest absolute Gasteiger partial charge is 0.466 e. The minimum atomic E-state index is -0.846. The number of rotatable bonds is 14. The number of likely N-dealkylation sites (tertiary alicyclic amines) is 1. The van der Waals surface area contributed by atoms with Gasteiger partial charge in [-0.15, -0.1) is 0 Å². The molecule has 6 nitrogen and oxygen atoms in total. The second kappa shape index (κ2) is 15.3. The molecule has 1 aromatic heterocycles. The Bertz CT molecular complexity index is 1640. The van der Waals surface area contributed by atoms with E-state index in [0.717, 1.165) is 42.7 Å². The highest BCUT2D eigenvalue weighted by Gasteiger charge is 2.30. The lowest BCUT2D eigenvalue weighted by atomic mass is 9.83. The number of pyridine rings is 1. The molecule has 1 aliphatic heterocycles. The third-order valence-electron chi connectivity index (χ3n) is 9.23. The smallest absolute Gasteiger partial charge is 0.306 e. The number of aryl methyl sites for hydroxylation is 3. The number of hydrogen-bond acceptors (Lipinski definition) is 5. The normalized spacial score (nSPS) is 14.7.